The Morgan fingerprint density at radius 3 is 3.00 bits per heavy atom. The van der Waals surface area contributed by atoms with Crippen LogP contribution in [0.25, 0.3) is 0 Å². The zero-order valence-electron chi connectivity index (χ0n) is 10.7. The fourth-order valence-corrected chi connectivity index (χ4v) is 1.97. The average molecular weight is 262 g/mol. The van der Waals surface area contributed by atoms with E-state index in [9.17, 15) is 9.90 Å². The number of aliphatic hydroxyl groups is 1. The fraction of sp³-hybridized carbons (Fsp3) is 0.429. The molecule has 0 bridgehead atoms. The molecule has 1 aromatic carbocycles. The Kier molecular flexibility index (Phi) is 5.06. The van der Waals surface area contributed by atoms with Crippen LogP contribution in [-0.2, 0) is 11.3 Å². The molecule has 0 aromatic heterocycles. The molecule has 0 radical (unpaired) electrons. The van der Waals surface area contributed by atoms with Gasteiger partial charge in [-0.3, -0.25) is 5.32 Å². The summed E-state index contributed by atoms with van der Waals surface area (Å²) < 4.78 is 5.02. The summed E-state index contributed by atoms with van der Waals surface area (Å²) in [5.41, 5.74) is 0.922. The monoisotopic (exact) mass is 262 g/mol. The number of amides is 1. The van der Waals surface area contributed by atoms with Gasteiger partial charge in [0.15, 0.2) is 0 Å². The molecular weight excluding hydrogens is 244 g/mol. The minimum Gasteiger partial charge on any atom is -0.443 e. The smallest absolute Gasteiger partial charge is 0.433 e. The summed E-state index contributed by atoms with van der Waals surface area (Å²) in [6.07, 6.45) is 2.02. The number of benzene rings is 1. The molecule has 1 heterocycles. The van der Waals surface area contributed by atoms with Crippen molar-refractivity contribution in [2.24, 2.45) is 10.9 Å². The van der Waals surface area contributed by atoms with Crippen LogP contribution in [0.1, 0.15) is 18.4 Å². The fourth-order valence-electron chi connectivity index (χ4n) is 1.97. The Labute approximate surface area is 112 Å². The van der Waals surface area contributed by atoms with E-state index >= 15 is 0 Å². The number of nitrogens with zero attached hydrogens (tertiary/aromatic N) is 1. The molecule has 1 amide bonds. The number of aliphatic imine (C=N–C) groups is 1. The van der Waals surface area contributed by atoms with Crippen LogP contribution in [0.2, 0.25) is 0 Å². The van der Waals surface area contributed by atoms with Gasteiger partial charge in [-0.15, -0.1) is 0 Å². The van der Waals surface area contributed by atoms with Crippen molar-refractivity contribution < 1.29 is 14.6 Å². The largest absolute Gasteiger partial charge is 0.443 e. The summed E-state index contributed by atoms with van der Waals surface area (Å²) in [4.78, 5) is 15.2. The quantitative estimate of drug-likeness (QED) is 0.814. The molecule has 5 nitrogen and oxygen atoms in total. The summed E-state index contributed by atoms with van der Waals surface area (Å²) in [6.45, 7) is 1.01. The van der Waals surface area contributed by atoms with Crippen LogP contribution in [0, 0.1) is 5.92 Å². The minimum absolute atomic E-state index is 0.127. The molecule has 19 heavy (non-hydrogen) atoms. The lowest BCUT2D eigenvalue weighted by molar-refractivity contribution is 0.0814. The van der Waals surface area contributed by atoms with Crippen molar-refractivity contribution in [3.63, 3.8) is 0 Å². The third kappa shape index (κ3) is 4.46. The second kappa shape index (κ2) is 7.01. The van der Waals surface area contributed by atoms with E-state index in [0.717, 1.165) is 24.9 Å². The molecule has 1 fully saturated rings. The van der Waals surface area contributed by atoms with Gasteiger partial charge >= 0.3 is 6.09 Å². The van der Waals surface area contributed by atoms with E-state index in [-0.39, 0.29) is 12.5 Å². The van der Waals surface area contributed by atoms with Gasteiger partial charge in [-0.05, 0) is 24.9 Å². The van der Waals surface area contributed by atoms with Crippen LogP contribution in [0.5, 0.6) is 0 Å². The zero-order valence-corrected chi connectivity index (χ0v) is 10.7. The lowest BCUT2D eigenvalue weighted by Crippen LogP contribution is -2.41. The number of nitrogens with one attached hydrogen (secondary N) is 1. The van der Waals surface area contributed by atoms with Crippen LogP contribution in [0.15, 0.2) is 35.3 Å². The molecule has 1 saturated heterocycles. The van der Waals surface area contributed by atoms with Gasteiger partial charge in [0.1, 0.15) is 12.8 Å². The SMILES string of the molecule is O=C(/N=C\C1CCCNC1O)OCc1ccccc1. The normalized spacial score (nSPS) is 23.4. The molecule has 1 aliphatic heterocycles. The molecule has 0 spiro atoms. The minimum atomic E-state index is -0.626. The molecule has 5 heteroatoms. The highest BCUT2D eigenvalue weighted by Crippen LogP contribution is 2.12. The molecule has 0 saturated carbocycles. The summed E-state index contributed by atoms with van der Waals surface area (Å²) in [5, 5.41) is 12.6. The number of carbonyl (C=O) groups is 1. The van der Waals surface area contributed by atoms with Gasteiger partial charge in [0.2, 0.25) is 0 Å². The molecule has 1 aliphatic rings. The number of piperidine rings is 1. The topological polar surface area (TPSA) is 70.9 Å². The van der Waals surface area contributed by atoms with Crippen LogP contribution in [0.4, 0.5) is 4.79 Å². The Bertz CT molecular complexity index is 434. The number of hydrogen-bond acceptors (Lipinski definition) is 4. The third-order valence-corrected chi connectivity index (χ3v) is 3.05. The van der Waals surface area contributed by atoms with Gasteiger partial charge in [-0.25, -0.2) is 4.79 Å². The lowest BCUT2D eigenvalue weighted by atomic mass is 9.99. The van der Waals surface area contributed by atoms with E-state index in [1.54, 1.807) is 0 Å². The van der Waals surface area contributed by atoms with Gasteiger partial charge in [0, 0.05) is 12.1 Å². The van der Waals surface area contributed by atoms with E-state index in [1.165, 1.54) is 6.21 Å². The Morgan fingerprint density at radius 1 is 1.47 bits per heavy atom. The Morgan fingerprint density at radius 2 is 2.26 bits per heavy atom. The Hall–Kier alpha value is -1.72. The second-order valence-corrected chi connectivity index (χ2v) is 4.52. The highest BCUT2D eigenvalue weighted by molar-refractivity contribution is 5.80. The van der Waals surface area contributed by atoms with Crippen molar-refractivity contribution >= 4 is 12.3 Å². The van der Waals surface area contributed by atoms with Gasteiger partial charge in [0.05, 0.1) is 0 Å². The molecule has 2 rings (SSSR count). The van der Waals surface area contributed by atoms with Crippen LogP contribution < -0.4 is 5.32 Å². The van der Waals surface area contributed by atoms with E-state index in [0.29, 0.717) is 0 Å². The maximum atomic E-state index is 11.4. The van der Waals surface area contributed by atoms with Crippen molar-refractivity contribution in [1.82, 2.24) is 5.32 Å². The standard InChI is InChI=1S/C14H18N2O3/c17-13-12(7-4-8-15-13)9-16-14(18)19-10-11-5-2-1-3-6-11/h1-3,5-6,9,12-13,15,17H,4,7-8,10H2/b16-9-. The summed E-state index contributed by atoms with van der Waals surface area (Å²) in [6, 6.07) is 9.44. The maximum Gasteiger partial charge on any atom is 0.433 e. The van der Waals surface area contributed by atoms with Crippen LogP contribution in [-0.4, -0.2) is 30.2 Å². The highest BCUT2D eigenvalue weighted by atomic mass is 16.5. The average Bonchev–Trinajstić information content (AvgIpc) is 2.45. The first-order valence-electron chi connectivity index (χ1n) is 6.42. The molecule has 102 valence electrons. The number of hydrogen-bond donors (Lipinski definition) is 2. The zero-order chi connectivity index (χ0) is 13.5. The first-order valence-corrected chi connectivity index (χ1v) is 6.42. The second-order valence-electron chi connectivity index (χ2n) is 4.52. The number of carbonyl (C=O) groups excluding carboxylic acids is 1. The first kappa shape index (κ1) is 13.7. The highest BCUT2D eigenvalue weighted by Gasteiger charge is 2.20. The summed E-state index contributed by atoms with van der Waals surface area (Å²) >= 11 is 0. The van der Waals surface area contributed by atoms with Crippen molar-refractivity contribution in [1.29, 1.82) is 0 Å². The van der Waals surface area contributed by atoms with Crippen molar-refractivity contribution in [3.8, 4) is 0 Å². The number of ether oxygens (including phenoxy) is 1. The van der Waals surface area contributed by atoms with Gasteiger partial charge < -0.3 is 9.84 Å². The van der Waals surface area contributed by atoms with E-state index in [2.05, 4.69) is 10.3 Å². The molecule has 2 N–H and O–H groups in total. The third-order valence-electron chi connectivity index (χ3n) is 3.05. The molecule has 1 aromatic rings. The van der Waals surface area contributed by atoms with Crippen molar-refractivity contribution in [3.05, 3.63) is 35.9 Å². The van der Waals surface area contributed by atoms with Crippen LogP contribution in [0.3, 0.4) is 0 Å². The Balaban J connectivity index is 1.77. The predicted molar refractivity (Wildman–Crippen MR) is 71.9 cm³/mol. The van der Waals surface area contributed by atoms with Gasteiger partial charge in [0.25, 0.3) is 0 Å². The van der Waals surface area contributed by atoms with Crippen molar-refractivity contribution in [2.75, 3.05) is 6.54 Å². The van der Waals surface area contributed by atoms with E-state index in [4.69, 9.17) is 4.74 Å². The van der Waals surface area contributed by atoms with E-state index in [1.807, 2.05) is 30.3 Å². The van der Waals surface area contributed by atoms with E-state index < -0.39 is 12.3 Å². The van der Waals surface area contributed by atoms with Crippen LogP contribution >= 0.6 is 0 Å². The lowest BCUT2D eigenvalue weighted by Gasteiger charge is -2.25. The van der Waals surface area contributed by atoms with Gasteiger partial charge in [-0.1, -0.05) is 30.3 Å². The first-order chi connectivity index (χ1) is 9.25. The molecule has 2 atom stereocenters. The molecular formula is C14H18N2O3. The van der Waals surface area contributed by atoms with Gasteiger partial charge in [-0.2, -0.15) is 4.99 Å². The number of aliphatic hydroxyl groups excluding tert-OH is 1. The summed E-state index contributed by atoms with van der Waals surface area (Å²) in [7, 11) is 0. The number of rotatable bonds is 3. The van der Waals surface area contributed by atoms with Crippen molar-refractivity contribution in [2.45, 2.75) is 25.7 Å². The molecule has 0 aliphatic carbocycles. The summed E-state index contributed by atoms with van der Waals surface area (Å²) in [5.74, 6) is -0.127. The maximum absolute atomic E-state index is 11.4. The molecule has 2 unspecified atom stereocenters. The predicted octanol–water partition coefficient (Wildman–Crippen LogP) is 1.71.